The van der Waals surface area contributed by atoms with Crippen LogP contribution in [0.3, 0.4) is 0 Å². The van der Waals surface area contributed by atoms with Gasteiger partial charge in [0.25, 0.3) is 0 Å². The van der Waals surface area contributed by atoms with E-state index in [0.29, 0.717) is 0 Å². The van der Waals surface area contributed by atoms with E-state index in [1.165, 1.54) is 24.0 Å². The van der Waals surface area contributed by atoms with Crippen LogP contribution in [0.1, 0.15) is 43.7 Å². The lowest BCUT2D eigenvalue weighted by atomic mass is 9.82. The molecule has 1 aliphatic rings. The second-order valence-electron chi connectivity index (χ2n) is 4.91. The van der Waals surface area contributed by atoms with Crippen LogP contribution in [0, 0.1) is 6.92 Å². The molecule has 0 spiro atoms. The summed E-state index contributed by atoms with van der Waals surface area (Å²) in [6.45, 7) is 3.98. The Morgan fingerprint density at radius 2 is 1.81 bits per heavy atom. The fraction of sp³-hybridized carbons (Fsp3) is 0.467. The van der Waals surface area contributed by atoms with Crippen LogP contribution in [0.15, 0.2) is 35.9 Å². The van der Waals surface area contributed by atoms with Gasteiger partial charge in [-0.25, -0.2) is 0 Å². The lowest BCUT2D eigenvalue weighted by Gasteiger charge is -2.29. The average Bonchev–Trinajstić information content (AvgIpc) is 2.31. The summed E-state index contributed by atoms with van der Waals surface area (Å²) >= 11 is 0. The standard InChI is InChI=1S/C15H20O/c1-12-8-10-14(11-9-12)15(2,16)13-6-4-3-5-7-13/h6,8-11,16H,3-5,7H2,1-2H3. The molecule has 1 N–H and O–H groups in total. The zero-order valence-electron chi connectivity index (χ0n) is 10.2. The van der Waals surface area contributed by atoms with Crippen molar-refractivity contribution in [2.45, 2.75) is 45.1 Å². The van der Waals surface area contributed by atoms with E-state index in [4.69, 9.17) is 0 Å². The SMILES string of the molecule is Cc1ccc(C(C)(O)C2=CCCCC2)cc1. The van der Waals surface area contributed by atoms with Gasteiger partial charge in [0.1, 0.15) is 5.60 Å². The van der Waals surface area contributed by atoms with Crippen molar-refractivity contribution in [1.29, 1.82) is 0 Å². The van der Waals surface area contributed by atoms with E-state index in [0.717, 1.165) is 18.4 Å². The quantitative estimate of drug-likeness (QED) is 0.747. The van der Waals surface area contributed by atoms with Crippen molar-refractivity contribution < 1.29 is 5.11 Å². The molecule has 1 heteroatoms. The smallest absolute Gasteiger partial charge is 0.108 e. The van der Waals surface area contributed by atoms with E-state index < -0.39 is 5.60 Å². The van der Waals surface area contributed by atoms with Gasteiger partial charge >= 0.3 is 0 Å². The van der Waals surface area contributed by atoms with Crippen molar-refractivity contribution >= 4 is 0 Å². The first kappa shape index (κ1) is 11.4. The minimum Gasteiger partial charge on any atom is -0.381 e. The van der Waals surface area contributed by atoms with E-state index in [1.54, 1.807) is 0 Å². The van der Waals surface area contributed by atoms with Gasteiger partial charge in [-0.15, -0.1) is 0 Å². The Kier molecular flexibility index (Phi) is 3.15. The molecule has 86 valence electrons. The number of hydrogen-bond acceptors (Lipinski definition) is 1. The highest BCUT2D eigenvalue weighted by Gasteiger charge is 2.28. The van der Waals surface area contributed by atoms with Crippen molar-refractivity contribution in [1.82, 2.24) is 0 Å². The molecule has 1 aromatic rings. The van der Waals surface area contributed by atoms with Gasteiger partial charge in [0, 0.05) is 0 Å². The van der Waals surface area contributed by atoms with Gasteiger partial charge in [0.15, 0.2) is 0 Å². The van der Waals surface area contributed by atoms with Crippen molar-refractivity contribution in [2.75, 3.05) is 0 Å². The molecule has 0 heterocycles. The topological polar surface area (TPSA) is 20.2 Å². The number of aryl methyl sites for hydroxylation is 1. The van der Waals surface area contributed by atoms with Gasteiger partial charge in [0.2, 0.25) is 0 Å². The Morgan fingerprint density at radius 3 is 2.38 bits per heavy atom. The number of benzene rings is 1. The summed E-state index contributed by atoms with van der Waals surface area (Å²) in [6, 6.07) is 8.19. The molecular weight excluding hydrogens is 196 g/mol. The first-order valence-electron chi connectivity index (χ1n) is 6.10. The molecule has 0 radical (unpaired) electrons. The summed E-state index contributed by atoms with van der Waals surface area (Å²) in [7, 11) is 0. The lowest BCUT2D eigenvalue weighted by Crippen LogP contribution is -2.25. The predicted octanol–water partition coefficient (Wildman–Crippen LogP) is 3.70. The fourth-order valence-corrected chi connectivity index (χ4v) is 2.34. The van der Waals surface area contributed by atoms with Gasteiger partial charge in [-0.2, -0.15) is 0 Å². The van der Waals surface area contributed by atoms with Crippen LogP contribution in [0.5, 0.6) is 0 Å². The molecule has 1 aliphatic carbocycles. The monoisotopic (exact) mass is 216 g/mol. The third kappa shape index (κ3) is 2.19. The number of hydrogen-bond donors (Lipinski definition) is 1. The minimum atomic E-state index is -0.784. The molecule has 2 rings (SSSR count). The molecule has 0 saturated heterocycles. The Bertz CT molecular complexity index is 384. The predicted molar refractivity (Wildman–Crippen MR) is 67.3 cm³/mol. The first-order valence-corrected chi connectivity index (χ1v) is 6.10. The van der Waals surface area contributed by atoms with E-state index >= 15 is 0 Å². The van der Waals surface area contributed by atoms with E-state index in [9.17, 15) is 5.11 Å². The summed E-state index contributed by atoms with van der Waals surface area (Å²) in [4.78, 5) is 0. The first-order chi connectivity index (χ1) is 7.60. The lowest BCUT2D eigenvalue weighted by molar-refractivity contribution is 0.0915. The summed E-state index contributed by atoms with van der Waals surface area (Å²) in [6.07, 6.45) is 6.81. The Hall–Kier alpha value is -1.08. The largest absolute Gasteiger partial charge is 0.381 e. The molecule has 0 amide bonds. The molecule has 1 aromatic carbocycles. The summed E-state index contributed by atoms with van der Waals surface area (Å²) < 4.78 is 0. The van der Waals surface area contributed by atoms with Gasteiger partial charge in [-0.05, 0) is 50.7 Å². The Morgan fingerprint density at radius 1 is 1.12 bits per heavy atom. The highest BCUT2D eigenvalue weighted by Crippen LogP contribution is 2.35. The van der Waals surface area contributed by atoms with Gasteiger partial charge in [-0.1, -0.05) is 35.9 Å². The second kappa shape index (κ2) is 4.42. The molecule has 1 atom stereocenters. The molecule has 1 nitrogen and oxygen atoms in total. The van der Waals surface area contributed by atoms with Crippen LogP contribution in [0.25, 0.3) is 0 Å². The van der Waals surface area contributed by atoms with Gasteiger partial charge < -0.3 is 5.11 Å². The Labute approximate surface area is 97.8 Å². The third-order valence-electron chi connectivity index (χ3n) is 3.53. The van der Waals surface area contributed by atoms with E-state index in [2.05, 4.69) is 25.1 Å². The molecule has 16 heavy (non-hydrogen) atoms. The van der Waals surface area contributed by atoms with Crippen molar-refractivity contribution in [3.05, 3.63) is 47.0 Å². The minimum absolute atomic E-state index is 0.784. The van der Waals surface area contributed by atoms with Crippen LogP contribution < -0.4 is 0 Å². The zero-order valence-corrected chi connectivity index (χ0v) is 10.2. The highest BCUT2D eigenvalue weighted by molar-refractivity contribution is 5.34. The fourth-order valence-electron chi connectivity index (χ4n) is 2.34. The number of aliphatic hydroxyl groups is 1. The molecule has 0 fully saturated rings. The zero-order chi connectivity index (χ0) is 11.6. The van der Waals surface area contributed by atoms with Crippen molar-refractivity contribution in [3.8, 4) is 0 Å². The highest BCUT2D eigenvalue weighted by atomic mass is 16.3. The number of rotatable bonds is 2. The molecule has 0 aromatic heterocycles. The van der Waals surface area contributed by atoms with E-state index in [-0.39, 0.29) is 0 Å². The normalized spacial score (nSPS) is 20.1. The van der Waals surface area contributed by atoms with E-state index in [1.807, 2.05) is 19.1 Å². The molecular formula is C15H20O. The third-order valence-corrected chi connectivity index (χ3v) is 3.53. The molecule has 1 unspecified atom stereocenters. The van der Waals surface area contributed by atoms with Crippen LogP contribution in [0.4, 0.5) is 0 Å². The van der Waals surface area contributed by atoms with Gasteiger partial charge in [0.05, 0.1) is 0 Å². The van der Waals surface area contributed by atoms with Crippen LogP contribution >= 0.6 is 0 Å². The summed E-state index contributed by atoms with van der Waals surface area (Å²) in [5.74, 6) is 0. The number of allylic oxidation sites excluding steroid dienone is 1. The molecule has 0 aliphatic heterocycles. The molecule has 0 saturated carbocycles. The summed E-state index contributed by atoms with van der Waals surface area (Å²) in [5.41, 5.74) is 2.64. The average molecular weight is 216 g/mol. The molecule has 0 bridgehead atoms. The van der Waals surface area contributed by atoms with Crippen molar-refractivity contribution in [3.63, 3.8) is 0 Å². The second-order valence-corrected chi connectivity index (χ2v) is 4.91. The van der Waals surface area contributed by atoms with Crippen molar-refractivity contribution in [2.24, 2.45) is 0 Å². The Balaban J connectivity index is 2.30. The summed E-state index contributed by atoms with van der Waals surface area (Å²) in [5, 5.41) is 10.6. The maximum absolute atomic E-state index is 10.6. The maximum atomic E-state index is 10.6. The maximum Gasteiger partial charge on any atom is 0.108 e. The van der Waals surface area contributed by atoms with Crippen LogP contribution in [-0.2, 0) is 5.60 Å². The van der Waals surface area contributed by atoms with Crippen LogP contribution in [0.2, 0.25) is 0 Å². The van der Waals surface area contributed by atoms with Gasteiger partial charge in [-0.3, -0.25) is 0 Å². The van der Waals surface area contributed by atoms with Crippen LogP contribution in [-0.4, -0.2) is 5.11 Å².